The fraction of sp³-hybridized carbons (Fsp3) is 0.640. The predicted molar refractivity (Wildman–Crippen MR) is 125 cm³/mol. The van der Waals surface area contributed by atoms with Gasteiger partial charge in [-0.3, -0.25) is 24.5 Å². The minimum absolute atomic E-state index is 0.0450. The van der Waals surface area contributed by atoms with Crippen molar-refractivity contribution in [3.63, 3.8) is 0 Å². The smallest absolute Gasteiger partial charge is 0.311 e. The van der Waals surface area contributed by atoms with E-state index in [0.29, 0.717) is 32.4 Å². The topological polar surface area (TPSA) is 109 Å². The van der Waals surface area contributed by atoms with Gasteiger partial charge < -0.3 is 14.5 Å². The van der Waals surface area contributed by atoms with Gasteiger partial charge in [0.2, 0.25) is 17.7 Å². The van der Waals surface area contributed by atoms with Crippen molar-refractivity contribution in [2.24, 2.45) is 11.8 Å². The molecule has 2 atom stereocenters. The molecule has 3 aliphatic heterocycles. The van der Waals surface area contributed by atoms with Crippen LogP contribution in [0.1, 0.15) is 64.4 Å². The summed E-state index contributed by atoms with van der Waals surface area (Å²) >= 11 is 0. The van der Waals surface area contributed by atoms with Crippen molar-refractivity contribution in [3.8, 4) is 0 Å². The highest BCUT2D eigenvalue weighted by atomic mass is 16.6. The maximum atomic E-state index is 13.0. The minimum Gasteiger partial charge on any atom is -0.460 e. The zero-order valence-corrected chi connectivity index (χ0v) is 20.2. The van der Waals surface area contributed by atoms with Crippen LogP contribution in [0, 0.1) is 11.8 Å². The Hall–Kier alpha value is -2.97. The molecule has 184 valence electrons. The number of nitrogens with zero attached hydrogens (tertiary/aromatic N) is 3. The number of anilines is 1. The zero-order valence-electron chi connectivity index (χ0n) is 20.2. The summed E-state index contributed by atoms with van der Waals surface area (Å²) in [6.45, 7) is 8.06. The number of carbonyl (C=O) groups excluding carboxylic acids is 4. The highest BCUT2D eigenvalue weighted by molar-refractivity contribution is 6.00. The standard InChI is InChI=1S/C25H34N4O5/c1-25(2,3)34-24(33)18-10-13-29(15-18)23(32)16-8-11-28(12-9-16)20-6-4-17(14-26-20)19-5-7-21(30)27-22(19)31/h4,6,14,16,18-19H,5,7-13,15H2,1-3H3,(H,27,30,31)/t18-,19?/m0/s1. The monoisotopic (exact) mass is 470 g/mol. The van der Waals surface area contributed by atoms with E-state index < -0.39 is 5.60 Å². The molecule has 4 rings (SSSR count). The molecule has 0 saturated carbocycles. The number of likely N-dealkylation sites (tertiary alicyclic amines) is 1. The van der Waals surface area contributed by atoms with E-state index in [-0.39, 0.29) is 41.4 Å². The molecule has 0 bridgehead atoms. The number of hydrogen-bond donors (Lipinski definition) is 1. The summed E-state index contributed by atoms with van der Waals surface area (Å²) in [5, 5.41) is 2.39. The number of aromatic nitrogens is 1. The van der Waals surface area contributed by atoms with Crippen LogP contribution in [0.3, 0.4) is 0 Å². The van der Waals surface area contributed by atoms with Gasteiger partial charge in [-0.2, -0.15) is 0 Å². The number of ether oxygens (including phenoxy) is 1. The van der Waals surface area contributed by atoms with Crippen LogP contribution in [0.5, 0.6) is 0 Å². The van der Waals surface area contributed by atoms with Gasteiger partial charge >= 0.3 is 5.97 Å². The quantitative estimate of drug-likeness (QED) is 0.530. The van der Waals surface area contributed by atoms with Crippen LogP contribution in [0.25, 0.3) is 0 Å². The molecule has 9 nitrogen and oxygen atoms in total. The molecule has 1 aromatic heterocycles. The molecule has 3 aliphatic rings. The summed E-state index contributed by atoms with van der Waals surface area (Å²) in [5.74, 6) is -0.373. The highest BCUT2D eigenvalue weighted by Gasteiger charge is 2.37. The molecule has 0 aromatic carbocycles. The van der Waals surface area contributed by atoms with E-state index in [2.05, 4.69) is 15.2 Å². The molecule has 3 saturated heterocycles. The minimum atomic E-state index is -0.518. The SMILES string of the molecule is CC(C)(C)OC(=O)[C@H]1CCN(C(=O)C2CCN(c3ccc(C4CCC(=O)NC4=O)cn3)CC2)C1. The Morgan fingerprint density at radius 1 is 1.03 bits per heavy atom. The first-order valence-corrected chi connectivity index (χ1v) is 12.2. The van der Waals surface area contributed by atoms with Gasteiger partial charge in [0.1, 0.15) is 11.4 Å². The van der Waals surface area contributed by atoms with Crippen LogP contribution in [0.2, 0.25) is 0 Å². The number of piperidine rings is 2. The number of rotatable bonds is 4. The van der Waals surface area contributed by atoms with Crippen molar-refractivity contribution in [3.05, 3.63) is 23.9 Å². The van der Waals surface area contributed by atoms with Crippen molar-refractivity contribution in [1.29, 1.82) is 0 Å². The Morgan fingerprint density at radius 2 is 1.74 bits per heavy atom. The molecule has 0 radical (unpaired) electrons. The number of nitrogens with one attached hydrogen (secondary N) is 1. The first-order chi connectivity index (χ1) is 16.1. The summed E-state index contributed by atoms with van der Waals surface area (Å²) in [6, 6.07) is 3.81. The summed E-state index contributed by atoms with van der Waals surface area (Å²) < 4.78 is 5.49. The summed E-state index contributed by atoms with van der Waals surface area (Å²) in [7, 11) is 0. The maximum Gasteiger partial charge on any atom is 0.311 e. The van der Waals surface area contributed by atoms with Crippen molar-refractivity contribution in [1.82, 2.24) is 15.2 Å². The number of carbonyl (C=O) groups is 4. The fourth-order valence-corrected chi connectivity index (χ4v) is 4.95. The van der Waals surface area contributed by atoms with E-state index in [1.807, 2.05) is 37.8 Å². The molecule has 9 heteroatoms. The van der Waals surface area contributed by atoms with Crippen LogP contribution >= 0.6 is 0 Å². The second kappa shape index (κ2) is 9.72. The van der Waals surface area contributed by atoms with Gasteiger partial charge in [0.15, 0.2) is 0 Å². The van der Waals surface area contributed by atoms with Crippen molar-refractivity contribution in [2.75, 3.05) is 31.1 Å². The number of imide groups is 1. The van der Waals surface area contributed by atoms with Gasteiger partial charge in [0, 0.05) is 44.7 Å². The molecular weight excluding hydrogens is 436 g/mol. The van der Waals surface area contributed by atoms with Crippen molar-refractivity contribution in [2.45, 2.75) is 64.4 Å². The van der Waals surface area contributed by atoms with E-state index in [4.69, 9.17) is 4.74 Å². The van der Waals surface area contributed by atoms with Crippen LogP contribution in [0.15, 0.2) is 18.3 Å². The van der Waals surface area contributed by atoms with Gasteiger partial charge in [-0.1, -0.05) is 6.07 Å². The third-order valence-corrected chi connectivity index (χ3v) is 6.82. The molecule has 1 aromatic rings. The van der Waals surface area contributed by atoms with Crippen LogP contribution in [0.4, 0.5) is 5.82 Å². The maximum absolute atomic E-state index is 13.0. The van der Waals surface area contributed by atoms with E-state index in [1.54, 1.807) is 6.20 Å². The van der Waals surface area contributed by atoms with Crippen LogP contribution < -0.4 is 10.2 Å². The third kappa shape index (κ3) is 5.56. The van der Waals surface area contributed by atoms with E-state index in [0.717, 1.165) is 37.3 Å². The van der Waals surface area contributed by atoms with Crippen molar-refractivity contribution >= 4 is 29.5 Å². The Labute approximate surface area is 200 Å². The molecule has 3 fully saturated rings. The van der Waals surface area contributed by atoms with Gasteiger partial charge in [-0.25, -0.2) is 4.98 Å². The highest BCUT2D eigenvalue weighted by Crippen LogP contribution is 2.29. The van der Waals surface area contributed by atoms with E-state index in [1.165, 1.54) is 0 Å². The lowest BCUT2D eigenvalue weighted by molar-refractivity contribution is -0.159. The van der Waals surface area contributed by atoms with Gasteiger partial charge in [-0.15, -0.1) is 0 Å². The summed E-state index contributed by atoms with van der Waals surface area (Å²) in [4.78, 5) is 57.4. The summed E-state index contributed by atoms with van der Waals surface area (Å²) in [6.07, 6.45) is 4.70. The summed E-state index contributed by atoms with van der Waals surface area (Å²) in [5.41, 5.74) is 0.294. The molecule has 0 aliphatic carbocycles. The van der Waals surface area contributed by atoms with Gasteiger partial charge in [0.05, 0.1) is 11.8 Å². The second-order valence-electron chi connectivity index (χ2n) is 10.5. The molecule has 34 heavy (non-hydrogen) atoms. The molecule has 3 amide bonds. The lowest BCUT2D eigenvalue weighted by Crippen LogP contribution is -2.42. The number of hydrogen-bond acceptors (Lipinski definition) is 7. The second-order valence-corrected chi connectivity index (χ2v) is 10.5. The zero-order chi connectivity index (χ0) is 24.5. The molecular formula is C25H34N4O5. The molecule has 0 spiro atoms. The lowest BCUT2D eigenvalue weighted by Gasteiger charge is -2.34. The fourth-order valence-electron chi connectivity index (χ4n) is 4.95. The number of pyridine rings is 1. The average Bonchev–Trinajstić information content (AvgIpc) is 3.28. The largest absolute Gasteiger partial charge is 0.460 e. The first-order valence-electron chi connectivity index (χ1n) is 12.2. The molecule has 1 N–H and O–H groups in total. The Kier molecular flexibility index (Phi) is 6.91. The molecule has 4 heterocycles. The van der Waals surface area contributed by atoms with Crippen LogP contribution in [-0.4, -0.2) is 65.4 Å². The average molecular weight is 471 g/mol. The normalized spacial score (nSPS) is 24.2. The Balaban J connectivity index is 1.27. The van der Waals surface area contributed by atoms with E-state index in [9.17, 15) is 19.2 Å². The third-order valence-electron chi connectivity index (χ3n) is 6.82. The van der Waals surface area contributed by atoms with Crippen molar-refractivity contribution < 1.29 is 23.9 Å². The first kappa shape index (κ1) is 24.2. The predicted octanol–water partition coefficient (Wildman–Crippen LogP) is 2.01. The number of esters is 1. The van der Waals surface area contributed by atoms with Crippen LogP contribution in [-0.2, 0) is 23.9 Å². The Morgan fingerprint density at radius 3 is 2.35 bits per heavy atom. The molecule has 1 unspecified atom stereocenters. The number of amides is 3. The van der Waals surface area contributed by atoms with Gasteiger partial charge in [-0.05, 0) is 58.1 Å². The Bertz CT molecular complexity index is 947. The van der Waals surface area contributed by atoms with Gasteiger partial charge in [0.25, 0.3) is 0 Å². The van der Waals surface area contributed by atoms with E-state index >= 15 is 0 Å². The lowest BCUT2D eigenvalue weighted by atomic mass is 9.91.